The molecule has 0 aromatic carbocycles. The molecule has 108 valence electrons. The van der Waals surface area contributed by atoms with Crippen LogP contribution >= 0.6 is 0 Å². The monoisotopic (exact) mass is 284 g/mol. The first-order valence-corrected chi connectivity index (χ1v) is 6.84. The maximum Gasteiger partial charge on any atom is 0.213 e. The van der Waals surface area contributed by atoms with Crippen molar-refractivity contribution >= 4 is 11.5 Å². The van der Waals surface area contributed by atoms with E-state index < -0.39 is 0 Å². The molecule has 7 nitrogen and oxygen atoms in total. The fourth-order valence-electron chi connectivity index (χ4n) is 2.02. The van der Waals surface area contributed by atoms with Gasteiger partial charge in [0.05, 0.1) is 6.61 Å². The first-order chi connectivity index (χ1) is 10.4. The number of hydrogen-bond donors (Lipinski definition) is 1. The van der Waals surface area contributed by atoms with E-state index >= 15 is 0 Å². The average molecular weight is 284 g/mol. The second kappa shape index (κ2) is 6.17. The molecule has 0 amide bonds. The van der Waals surface area contributed by atoms with Crippen molar-refractivity contribution < 1.29 is 4.74 Å². The molecule has 0 fully saturated rings. The van der Waals surface area contributed by atoms with Gasteiger partial charge < -0.3 is 10.1 Å². The molecule has 0 spiro atoms. The molecule has 0 atom stereocenters. The molecule has 0 radical (unpaired) electrons. The van der Waals surface area contributed by atoms with Crippen LogP contribution in [0.1, 0.15) is 12.6 Å². The minimum Gasteiger partial charge on any atom is -0.478 e. The van der Waals surface area contributed by atoms with Gasteiger partial charge in [0.15, 0.2) is 5.82 Å². The van der Waals surface area contributed by atoms with Gasteiger partial charge in [0.25, 0.3) is 0 Å². The van der Waals surface area contributed by atoms with Gasteiger partial charge in [-0.1, -0.05) is 6.07 Å². The Kier molecular flexibility index (Phi) is 3.90. The highest BCUT2D eigenvalue weighted by atomic mass is 16.5. The number of ether oxygens (including phenoxy) is 1. The van der Waals surface area contributed by atoms with Crippen molar-refractivity contribution in [3.63, 3.8) is 0 Å². The van der Waals surface area contributed by atoms with Crippen LogP contribution in [0.3, 0.4) is 0 Å². The van der Waals surface area contributed by atoms with Crippen molar-refractivity contribution in [2.45, 2.75) is 13.3 Å². The van der Waals surface area contributed by atoms with E-state index in [0.717, 1.165) is 17.9 Å². The van der Waals surface area contributed by atoms with Crippen molar-refractivity contribution in [3.8, 4) is 5.88 Å². The highest BCUT2D eigenvalue weighted by molar-refractivity contribution is 5.61. The van der Waals surface area contributed by atoms with Crippen molar-refractivity contribution in [1.29, 1.82) is 0 Å². The average Bonchev–Trinajstić information content (AvgIpc) is 2.97. The highest BCUT2D eigenvalue weighted by Crippen LogP contribution is 2.11. The number of fused-ring (bicyclic) bond motifs is 1. The summed E-state index contributed by atoms with van der Waals surface area (Å²) < 4.78 is 7.22. The van der Waals surface area contributed by atoms with Crippen LogP contribution < -0.4 is 10.1 Å². The van der Waals surface area contributed by atoms with Gasteiger partial charge in [-0.05, 0) is 13.0 Å². The van der Waals surface area contributed by atoms with Crippen LogP contribution in [0, 0.1) is 0 Å². The molecule has 21 heavy (non-hydrogen) atoms. The van der Waals surface area contributed by atoms with Crippen molar-refractivity contribution in [2.75, 3.05) is 18.5 Å². The number of aromatic nitrogens is 5. The predicted molar refractivity (Wildman–Crippen MR) is 78.4 cm³/mol. The summed E-state index contributed by atoms with van der Waals surface area (Å²) in [5.74, 6) is 1.38. The first kappa shape index (κ1) is 13.3. The Labute approximate surface area is 122 Å². The smallest absolute Gasteiger partial charge is 0.213 e. The summed E-state index contributed by atoms with van der Waals surface area (Å²) >= 11 is 0. The van der Waals surface area contributed by atoms with Crippen molar-refractivity contribution in [1.82, 2.24) is 24.6 Å². The molecule has 3 rings (SSSR count). The maximum absolute atomic E-state index is 5.39. The fraction of sp³-hybridized carbons (Fsp3) is 0.286. The number of hydrogen-bond acceptors (Lipinski definition) is 6. The van der Waals surface area contributed by atoms with Gasteiger partial charge in [-0.3, -0.25) is 4.40 Å². The highest BCUT2D eigenvalue weighted by Gasteiger charge is 2.04. The summed E-state index contributed by atoms with van der Waals surface area (Å²) in [4.78, 5) is 8.71. The van der Waals surface area contributed by atoms with E-state index in [-0.39, 0.29) is 0 Å². The number of rotatable bonds is 6. The van der Waals surface area contributed by atoms with E-state index in [4.69, 9.17) is 4.74 Å². The van der Waals surface area contributed by atoms with Crippen LogP contribution in [0.4, 0.5) is 5.82 Å². The molecule has 0 saturated heterocycles. The van der Waals surface area contributed by atoms with E-state index in [0.29, 0.717) is 24.7 Å². The Hall–Kier alpha value is -2.70. The fourth-order valence-corrected chi connectivity index (χ4v) is 2.02. The van der Waals surface area contributed by atoms with Gasteiger partial charge in [0.1, 0.15) is 6.33 Å². The SMILES string of the molecule is CCOc1cccc(CCNc2nccn3cnnc23)n1. The summed E-state index contributed by atoms with van der Waals surface area (Å²) in [5, 5.41) is 11.2. The third-order valence-electron chi connectivity index (χ3n) is 2.96. The molecular formula is C14H16N6O. The van der Waals surface area contributed by atoms with Crippen LogP contribution in [0.2, 0.25) is 0 Å². The topological polar surface area (TPSA) is 77.2 Å². The quantitative estimate of drug-likeness (QED) is 0.740. The Balaban J connectivity index is 1.63. The first-order valence-electron chi connectivity index (χ1n) is 6.84. The Morgan fingerprint density at radius 2 is 2.29 bits per heavy atom. The Morgan fingerprint density at radius 1 is 1.33 bits per heavy atom. The minimum atomic E-state index is 0.619. The van der Waals surface area contributed by atoms with Crippen LogP contribution in [0.15, 0.2) is 36.9 Å². The second-order valence-electron chi connectivity index (χ2n) is 4.41. The van der Waals surface area contributed by atoms with Gasteiger partial charge in [-0.2, -0.15) is 0 Å². The van der Waals surface area contributed by atoms with E-state index in [2.05, 4.69) is 25.5 Å². The molecule has 7 heteroatoms. The van der Waals surface area contributed by atoms with Crippen LogP contribution in [-0.2, 0) is 6.42 Å². The third-order valence-corrected chi connectivity index (χ3v) is 2.96. The molecule has 0 aliphatic carbocycles. The predicted octanol–water partition coefficient (Wildman–Crippen LogP) is 1.57. The van der Waals surface area contributed by atoms with Gasteiger partial charge in [0, 0.05) is 37.1 Å². The molecule has 3 aromatic rings. The number of pyridine rings is 1. The number of anilines is 1. The molecule has 3 aromatic heterocycles. The second-order valence-corrected chi connectivity index (χ2v) is 4.41. The minimum absolute atomic E-state index is 0.619. The molecule has 0 saturated carbocycles. The summed E-state index contributed by atoms with van der Waals surface area (Å²) in [7, 11) is 0. The lowest BCUT2D eigenvalue weighted by Gasteiger charge is -2.07. The molecule has 0 unspecified atom stereocenters. The Bertz CT molecular complexity index is 726. The van der Waals surface area contributed by atoms with Crippen LogP contribution in [0.25, 0.3) is 5.65 Å². The summed E-state index contributed by atoms with van der Waals surface area (Å²) in [5.41, 5.74) is 1.69. The lowest BCUT2D eigenvalue weighted by Crippen LogP contribution is -2.09. The van der Waals surface area contributed by atoms with E-state index in [1.807, 2.05) is 35.7 Å². The normalized spacial score (nSPS) is 10.7. The zero-order chi connectivity index (χ0) is 14.5. The van der Waals surface area contributed by atoms with Gasteiger partial charge in [-0.15, -0.1) is 10.2 Å². The van der Waals surface area contributed by atoms with Crippen molar-refractivity contribution in [3.05, 3.63) is 42.6 Å². The Morgan fingerprint density at radius 3 is 3.19 bits per heavy atom. The molecule has 0 aliphatic rings. The molecule has 0 aliphatic heterocycles. The van der Waals surface area contributed by atoms with E-state index in [1.165, 1.54) is 0 Å². The standard InChI is InChI=1S/C14H16N6O/c1-2-21-12-5-3-4-11(18-12)6-7-15-13-14-19-17-10-20(14)9-8-16-13/h3-5,8-10H,2,6-7H2,1H3,(H,15,16). The maximum atomic E-state index is 5.39. The number of nitrogens with one attached hydrogen (secondary N) is 1. The summed E-state index contributed by atoms with van der Waals surface area (Å²) in [6, 6.07) is 5.79. The van der Waals surface area contributed by atoms with Crippen LogP contribution in [0.5, 0.6) is 5.88 Å². The largest absolute Gasteiger partial charge is 0.478 e. The molecule has 0 bridgehead atoms. The van der Waals surface area contributed by atoms with E-state index in [1.54, 1.807) is 12.5 Å². The van der Waals surface area contributed by atoms with Gasteiger partial charge in [-0.25, -0.2) is 9.97 Å². The zero-order valence-corrected chi connectivity index (χ0v) is 11.7. The van der Waals surface area contributed by atoms with Crippen LogP contribution in [-0.4, -0.2) is 37.7 Å². The number of nitrogens with zero attached hydrogens (tertiary/aromatic N) is 5. The molecule has 1 N–H and O–H groups in total. The van der Waals surface area contributed by atoms with Gasteiger partial charge >= 0.3 is 0 Å². The molecule has 3 heterocycles. The van der Waals surface area contributed by atoms with Crippen molar-refractivity contribution in [2.24, 2.45) is 0 Å². The lowest BCUT2D eigenvalue weighted by molar-refractivity contribution is 0.326. The van der Waals surface area contributed by atoms with Gasteiger partial charge in [0.2, 0.25) is 11.5 Å². The lowest BCUT2D eigenvalue weighted by atomic mass is 10.2. The third kappa shape index (κ3) is 3.07. The summed E-state index contributed by atoms with van der Waals surface area (Å²) in [6.45, 7) is 3.27. The molecular weight excluding hydrogens is 268 g/mol. The van der Waals surface area contributed by atoms with E-state index in [9.17, 15) is 0 Å². The summed E-state index contributed by atoms with van der Waals surface area (Å²) in [6.07, 6.45) is 5.95. The zero-order valence-electron chi connectivity index (χ0n) is 11.7.